The van der Waals surface area contributed by atoms with Gasteiger partial charge in [0.05, 0.1) is 6.42 Å². The van der Waals surface area contributed by atoms with Gasteiger partial charge < -0.3 is 15.6 Å². The van der Waals surface area contributed by atoms with Crippen LogP contribution in [0, 0.1) is 5.92 Å². The van der Waals surface area contributed by atoms with Gasteiger partial charge in [0.2, 0.25) is 11.8 Å². The Morgan fingerprint density at radius 2 is 1.81 bits per heavy atom. The number of hydrogen-bond donors (Lipinski definition) is 3. The Hall–Kier alpha value is -3.08. The van der Waals surface area contributed by atoms with Gasteiger partial charge in [-0.2, -0.15) is 0 Å². The maximum Gasteiger partial charge on any atom is 0.227 e. The lowest BCUT2D eigenvalue weighted by atomic mass is 10.1. The molecule has 132 valence electrons. The highest BCUT2D eigenvalue weighted by atomic mass is 16.2. The van der Waals surface area contributed by atoms with Crippen molar-refractivity contribution in [2.45, 2.75) is 25.8 Å². The molecular formula is C21H21N3O2. The molecule has 1 aromatic heterocycles. The molecule has 0 unspecified atom stereocenters. The van der Waals surface area contributed by atoms with E-state index in [0.717, 1.165) is 40.6 Å². The van der Waals surface area contributed by atoms with Crippen LogP contribution in [0.1, 0.15) is 24.0 Å². The van der Waals surface area contributed by atoms with Crippen molar-refractivity contribution in [1.29, 1.82) is 0 Å². The van der Waals surface area contributed by atoms with Crippen LogP contribution in [0.15, 0.2) is 54.7 Å². The number of hydrogen-bond acceptors (Lipinski definition) is 2. The van der Waals surface area contributed by atoms with E-state index in [1.54, 1.807) is 0 Å². The Balaban J connectivity index is 1.30. The summed E-state index contributed by atoms with van der Waals surface area (Å²) < 4.78 is 0. The molecule has 1 aliphatic carbocycles. The average Bonchev–Trinajstić information content (AvgIpc) is 3.44. The number of carbonyl (C=O) groups excluding carboxylic acids is 2. The van der Waals surface area contributed by atoms with Gasteiger partial charge in [0.1, 0.15) is 0 Å². The number of rotatable bonds is 6. The van der Waals surface area contributed by atoms with Crippen LogP contribution in [0.3, 0.4) is 0 Å². The molecule has 0 radical (unpaired) electrons. The van der Waals surface area contributed by atoms with Gasteiger partial charge in [-0.1, -0.05) is 30.3 Å². The Bertz CT molecular complexity index is 939. The summed E-state index contributed by atoms with van der Waals surface area (Å²) in [4.78, 5) is 27.2. The molecule has 3 aromatic rings. The summed E-state index contributed by atoms with van der Waals surface area (Å²) in [5.41, 5.74) is 3.84. The number of H-pyrrole nitrogens is 1. The molecular weight excluding hydrogens is 326 g/mol. The minimum atomic E-state index is -0.0131. The van der Waals surface area contributed by atoms with Crippen molar-refractivity contribution in [3.05, 3.63) is 65.9 Å². The monoisotopic (exact) mass is 347 g/mol. The topological polar surface area (TPSA) is 74.0 Å². The van der Waals surface area contributed by atoms with Gasteiger partial charge in [-0.15, -0.1) is 0 Å². The molecule has 1 saturated carbocycles. The van der Waals surface area contributed by atoms with Gasteiger partial charge in [0.15, 0.2) is 0 Å². The number of nitrogens with one attached hydrogen (secondary N) is 3. The van der Waals surface area contributed by atoms with Crippen molar-refractivity contribution in [1.82, 2.24) is 10.3 Å². The predicted molar refractivity (Wildman–Crippen MR) is 102 cm³/mol. The number of amides is 2. The van der Waals surface area contributed by atoms with Crippen LogP contribution in [0.25, 0.3) is 10.9 Å². The molecule has 0 spiro atoms. The van der Waals surface area contributed by atoms with Crippen molar-refractivity contribution in [3.63, 3.8) is 0 Å². The molecule has 1 heterocycles. The summed E-state index contributed by atoms with van der Waals surface area (Å²) in [6.45, 7) is 0.470. The van der Waals surface area contributed by atoms with Gasteiger partial charge in [-0.05, 0) is 42.2 Å². The quantitative estimate of drug-likeness (QED) is 0.639. The summed E-state index contributed by atoms with van der Waals surface area (Å²) in [6, 6.07) is 15.6. The lowest BCUT2D eigenvalue weighted by Crippen LogP contribution is -2.24. The summed E-state index contributed by atoms with van der Waals surface area (Å²) in [5, 5.41) is 6.94. The van der Waals surface area contributed by atoms with Crippen LogP contribution in [0.5, 0.6) is 0 Å². The number of anilines is 1. The maximum atomic E-state index is 12.2. The molecule has 2 amide bonds. The van der Waals surface area contributed by atoms with E-state index in [2.05, 4.69) is 15.6 Å². The van der Waals surface area contributed by atoms with E-state index in [9.17, 15) is 9.59 Å². The molecule has 2 aromatic carbocycles. The fourth-order valence-electron chi connectivity index (χ4n) is 3.01. The first-order valence-corrected chi connectivity index (χ1v) is 8.90. The van der Waals surface area contributed by atoms with E-state index < -0.39 is 0 Å². The summed E-state index contributed by atoms with van der Waals surface area (Å²) in [5.74, 6) is 0.282. The zero-order valence-electron chi connectivity index (χ0n) is 14.4. The smallest absolute Gasteiger partial charge is 0.227 e. The molecule has 26 heavy (non-hydrogen) atoms. The van der Waals surface area contributed by atoms with Crippen molar-refractivity contribution in [2.75, 3.05) is 5.32 Å². The first-order valence-electron chi connectivity index (χ1n) is 8.90. The zero-order valence-corrected chi connectivity index (χ0v) is 14.4. The molecule has 4 rings (SSSR count). The second-order valence-corrected chi connectivity index (χ2v) is 6.77. The normalized spacial score (nSPS) is 13.5. The third-order valence-electron chi connectivity index (χ3n) is 4.69. The molecule has 1 fully saturated rings. The number of aromatic nitrogens is 1. The molecule has 5 heteroatoms. The Kier molecular flexibility index (Phi) is 4.44. The Morgan fingerprint density at radius 3 is 2.58 bits per heavy atom. The maximum absolute atomic E-state index is 12.2. The lowest BCUT2D eigenvalue weighted by Gasteiger charge is -2.07. The van der Waals surface area contributed by atoms with Crippen molar-refractivity contribution in [3.8, 4) is 0 Å². The molecule has 0 bridgehead atoms. The van der Waals surface area contributed by atoms with E-state index in [-0.39, 0.29) is 17.7 Å². The summed E-state index contributed by atoms with van der Waals surface area (Å²) in [6.07, 6.45) is 4.22. The van der Waals surface area contributed by atoms with E-state index in [1.807, 2.05) is 54.7 Å². The van der Waals surface area contributed by atoms with Crippen molar-refractivity contribution < 1.29 is 9.59 Å². The van der Waals surface area contributed by atoms with Gasteiger partial charge >= 0.3 is 0 Å². The van der Waals surface area contributed by atoms with Crippen LogP contribution in [0.2, 0.25) is 0 Å². The molecule has 0 atom stereocenters. The first-order chi connectivity index (χ1) is 12.7. The third-order valence-corrected chi connectivity index (χ3v) is 4.69. The molecule has 0 saturated heterocycles. The second-order valence-electron chi connectivity index (χ2n) is 6.77. The van der Waals surface area contributed by atoms with Gasteiger partial charge in [0, 0.05) is 35.2 Å². The average molecular weight is 347 g/mol. The fraction of sp³-hybridized carbons (Fsp3) is 0.238. The predicted octanol–water partition coefficient (Wildman–Crippen LogP) is 3.38. The van der Waals surface area contributed by atoms with E-state index in [4.69, 9.17) is 0 Å². The van der Waals surface area contributed by atoms with Crippen LogP contribution < -0.4 is 10.6 Å². The van der Waals surface area contributed by atoms with Gasteiger partial charge in [-0.3, -0.25) is 9.59 Å². The van der Waals surface area contributed by atoms with Gasteiger partial charge in [0.25, 0.3) is 0 Å². The van der Waals surface area contributed by atoms with Crippen LogP contribution >= 0.6 is 0 Å². The fourth-order valence-corrected chi connectivity index (χ4v) is 3.01. The van der Waals surface area contributed by atoms with Crippen LogP contribution in [-0.4, -0.2) is 16.8 Å². The summed E-state index contributed by atoms with van der Waals surface area (Å²) in [7, 11) is 0. The SMILES string of the molecule is O=C(Cc1c[nH]c2ccccc12)NCc1ccc(NC(=O)C2CC2)cc1. The molecule has 0 aliphatic heterocycles. The number of benzene rings is 2. The summed E-state index contributed by atoms with van der Waals surface area (Å²) >= 11 is 0. The zero-order chi connectivity index (χ0) is 17.9. The Labute approximate surface area is 151 Å². The van der Waals surface area contributed by atoms with Crippen molar-refractivity contribution >= 4 is 28.4 Å². The third kappa shape index (κ3) is 3.77. The number of para-hydroxylation sites is 1. The number of carbonyl (C=O) groups is 2. The van der Waals surface area contributed by atoms with E-state index in [1.165, 1.54) is 0 Å². The lowest BCUT2D eigenvalue weighted by molar-refractivity contribution is -0.120. The minimum absolute atomic E-state index is 0.0131. The number of fused-ring (bicyclic) bond motifs is 1. The number of aromatic amines is 1. The minimum Gasteiger partial charge on any atom is -0.361 e. The largest absolute Gasteiger partial charge is 0.361 e. The van der Waals surface area contributed by atoms with Crippen molar-refractivity contribution in [2.24, 2.45) is 5.92 Å². The first kappa shape index (κ1) is 16.4. The molecule has 1 aliphatic rings. The highest BCUT2D eigenvalue weighted by Crippen LogP contribution is 2.30. The van der Waals surface area contributed by atoms with E-state index >= 15 is 0 Å². The second kappa shape index (κ2) is 7.04. The molecule has 3 N–H and O–H groups in total. The highest BCUT2D eigenvalue weighted by molar-refractivity contribution is 5.94. The van der Waals surface area contributed by atoms with Gasteiger partial charge in [-0.25, -0.2) is 0 Å². The molecule has 5 nitrogen and oxygen atoms in total. The van der Waals surface area contributed by atoms with Crippen LogP contribution in [-0.2, 0) is 22.6 Å². The van der Waals surface area contributed by atoms with E-state index in [0.29, 0.717) is 13.0 Å². The standard InChI is InChI=1S/C21H21N3O2/c25-20(11-16-13-22-19-4-2-1-3-18(16)19)23-12-14-5-9-17(10-6-14)24-21(26)15-7-8-15/h1-6,9-10,13,15,22H,7-8,11-12H2,(H,23,25)(H,24,26). The van der Waals surface area contributed by atoms with Crippen LogP contribution in [0.4, 0.5) is 5.69 Å². The Morgan fingerprint density at radius 1 is 1.04 bits per heavy atom. The highest BCUT2D eigenvalue weighted by Gasteiger charge is 2.29.